The van der Waals surface area contributed by atoms with Crippen LogP contribution in [0.5, 0.6) is 0 Å². The van der Waals surface area contributed by atoms with Crippen molar-refractivity contribution in [3.8, 4) is 0 Å². The molecule has 116 valence electrons. The van der Waals surface area contributed by atoms with Crippen molar-refractivity contribution in [1.29, 1.82) is 0 Å². The number of hydrogen-bond donors (Lipinski definition) is 1. The SMILES string of the molecule is CC(C)C(=O)N1CCC(NCC2CCN(C)CC2)CC1. The van der Waals surface area contributed by atoms with E-state index in [0.717, 1.165) is 38.4 Å². The topological polar surface area (TPSA) is 35.6 Å². The van der Waals surface area contributed by atoms with E-state index in [-0.39, 0.29) is 5.92 Å². The van der Waals surface area contributed by atoms with Crippen molar-refractivity contribution >= 4 is 5.91 Å². The summed E-state index contributed by atoms with van der Waals surface area (Å²) in [5.41, 5.74) is 0. The summed E-state index contributed by atoms with van der Waals surface area (Å²) in [4.78, 5) is 16.4. The number of amides is 1. The number of carbonyl (C=O) groups is 1. The van der Waals surface area contributed by atoms with E-state index in [2.05, 4.69) is 17.3 Å². The molecule has 0 aromatic heterocycles. The Labute approximate surface area is 123 Å². The fourth-order valence-electron chi connectivity index (χ4n) is 3.27. The fraction of sp³-hybridized carbons (Fsp3) is 0.938. The van der Waals surface area contributed by atoms with Crippen molar-refractivity contribution < 1.29 is 4.79 Å². The van der Waals surface area contributed by atoms with Crippen LogP contribution in [0, 0.1) is 11.8 Å². The van der Waals surface area contributed by atoms with Gasteiger partial charge in [-0.3, -0.25) is 4.79 Å². The first kappa shape index (κ1) is 15.8. The summed E-state index contributed by atoms with van der Waals surface area (Å²) in [5.74, 6) is 1.30. The average Bonchev–Trinajstić information content (AvgIpc) is 2.46. The molecule has 0 atom stereocenters. The van der Waals surface area contributed by atoms with Crippen LogP contribution in [0.2, 0.25) is 0 Å². The molecule has 2 rings (SSSR count). The van der Waals surface area contributed by atoms with Crippen LogP contribution in [0.1, 0.15) is 39.5 Å². The van der Waals surface area contributed by atoms with E-state index in [4.69, 9.17) is 0 Å². The molecule has 0 spiro atoms. The number of rotatable bonds is 4. The third-order valence-corrected chi connectivity index (χ3v) is 4.83. The summed E-state index contributed by atoms with van der Waals surface area (Å²) in [6.45, 7) is 9.50. The molecule has 0 aromatic rings. The largest absolute Gasteiger partial charge is 0.342 e. The highest BCUT2D eigenvalue weighted by atomic mass is 16.2. The lowest BCUT2D eigenvalue weighted by Crippen LogP contribution is -2.47. The smallest absolute Gasteiger partial charge is 0.225 e. The quantitative estimate of drug-likeness (QED) is 0.849. The molecule has 1 amide bonds. The summed E-state index contributed by atoms with van der Waals surface area (Å²) >= 11 is 0. The zero-order valence-corrected chi connectivity index (χ0v) is 13.4. The van der Waals surface area contributed by atoms with Gasteiger partial charge < -0.3 is 15.1 Å². The molecule has 0 aliphatic carbocycles. The van der Waals surface area contributed by atoms with Gasteiger partial charge in [0, 0.05) is 25.0 Å². The van der Waals surface area contributed by atoms with Crippen LogP contribution in [-0.2, 0) is 4.79 Å². The van der Waals surface area contributed by atoms with Gasteiger partial charge in [-0.1, -0.05) is 13.8 Å². The molecule has 2 aliphatic heterocycles. The van der Waals surface area contributed by atoms with Crippen LogP contribution in [0.15, 0.2) is 0 Å². The van der Waals surface area contributed by atoms with Gasteiger partial charge in [0.15, 0.2) is 0 Å². The molecule has 0 bridgehead atoms. The van der Waals surface area contributed by atoms with Crippen molar-refractivity contribution in [2.75, 3.05) is 39.8 Å². The molecule has 0 radical (unpaired) electrons. The van der Waals surface area contributed by atoms with E-state index in [1.807, 2.05) is 18.7 Å². The Morgan fingerprint density at radius 3 is 2.25 bits per heavy atom. The standard InChI is InChI=1S/C16H31N3O/c1-13(2)16(20)19-10-6-15(7-11-19)17-12-14-4-8-18(3)9-5-14/h13-15,17H,4-12H2,1-3H3. The molecule has 4 nitrogen and oxygen atoms in total. The van der Waals surface area contributed by atoms with E-state index < -0.39 is 0 Å². The second-order valence-corrected chi connectivity index (χ2v) is 6.91. The van der Waals surface area contributed by atoms with Gasteiger partial charge in [-0.25, -0.2) is 0 Å². The van der Waals surface area contributed by atoms with Crippen LogP contribution in [0.25, 0.3) is 0 Å². The number of nitrogens with zero attached hydrogens (tertiary/aromatic N) is 2. The predicted octanol–water partition coefficient (Wildman–Crippen LogP) is 1.56. The van der Waals surface area contributed by atoms with Gasteiger partial charge in [0.25, 0.3) is 0 Å². The van der Waals surface area contributed by atoms with E-state index in [1.54, 1.807) is 0 Å². The zero-order chi connectivity index (χ0) is 14.5. The number of carbonyl (C=O) groups excluding carboxylic acids is 1. The van der Waals surface area contributed by atoms with Crippen molar-refractivity contribution in [2.24, 2.45) is 11.8 Å². The van der Waals surface area contributed by atoms with E-state index in [0.29, 0.717) is 11.9 Å². The number of hydrogen-bond acceptors (Lipinski definition) is 3. The van der Waals surface area contributed by atoms with Gasteiger partial charge >= 0.3 is 0 Å². The van der Waals surface area contributed by atoms with Gasteiger partial charge in [0.2, 0.25) is 5.91 Å². The number of likely N-dealkylation sites (tertiary alicyclic amines) is 2. The van der Waals surface area contributed by atoms with Gasteiger partial charge in [-0.2, -0.15) is 0 Å². The van der Waals surface area contributed by atoms with Gasteiger partial charge in [0.1, 0.15) is 0 Å². The Morgan fingerprint density at radius 2 is 1.70 bits per heavy atom. The second-order valence-electron chi connectivity index (χ2n) is 6.91. The van der Waals surface area contributed by atoms with Crippen molar-refractivity contribution in [2.45, 2.75) is 45.6 Å². The Hall–Kier alpha value is -0.610. The maximum absolute atomic E-state index is 11.9. The summed E-state index contributed by atoms with van der Waals surface area (Å²) in [7, 11) is 2.21. The molecule has 4 heteroatoms. The molecule has 2 aliphatic rings. The van der Waals surface area contributed by atoms with Crippen LogP contribution >= 0.6 is 0 Å². The van der Waals surface area contributed by atoms with E-state index in [9.17, 15) is 4.79 Å². The minimum absolute atomic E-state index is 0.138. The normalized spacial score (nSPS) is 23.5. The molecule has 20 heavy (non-hydrogen) atoms. The first-order valence-corrected chi connectivity index (χ1v) is 8.27. The first-order chi connectivity index (χ1) is 9.56. The summed E-state index contributed by atoms with van der Waals surface area (Å²) < 4.78 is 0. The molecule has 2 heterocycles. The van der Waals surface area contributed by atoms with Crippen LogP contribution in [-0.4, -0.2) is 61.5 Å². The lowest BCUT2D eigenvalue weighted by Gasteiger charge is -2.35. The van der Waals surface area contributed by atoms with Gasteiger partial charge in [-0.15, -0.1) is 0 Å². The van der Waals surface area contributed by atoms with Crippen LogP contribution in [0.3, 0.4) is 0 Å². The van der Waals surface area contributed by atoms with Crippen molar-refractivity contribution in [3.63, 3.8) is 0 Å². The highest BCUT2D eigenvalue weighted by molar-refractivity contribution is 5.78. The third-order valence-electron chi connectivity index (χ3n) is 4.83. The Kier molecular flexibility index (Phi) is 5.85. The first-order valence-electron chi connectivity index (χ1n) is 8.27. The van der Waals surface area contributed by atoms with Crippen LogP contribution < -0.4 is 5.32 Å². The summed E-state index contributed by atoms with van der Waals surface area (Å²) in [6, 6.07) is 0.617. The number of piperidine rings is 2. The molecular formula is C16H31N3O. The van der Waals surface area contributed by atoms with Gasteiger partial charge in [-0.05, 0) is 58.3 Å². The van der Waals surface area contributed by atoms with Crippen molar-refractivity contribution in [1.82, 2.24) is 15.1 Å². The van der Waals surface area contributed by atoms with E-state index >= 15 is 0 Å². The summed E-state index contributed by atoms with van der Waals surface area (Å²) in [6.07, 6.45) is 4.89. The lowest BCUT2D eigenvalue weighted by atomic mass is 9.96. The molecule has 0 unspecified atom stereocenters. The zero-order valence-electron chi connectivity index (χ0n) is 13.4. The second kappa shape index (κ2) is 7.41. The fourth-order valence-corrected chi connectivity index (χ4v) is 3.27. The number of nitrogens with one attached hydrogen (secondary N) is 1. The van der Waals surface area contributed by atoms with E-state index in [1.165, 1.54) is 25.9 Å². The minimum atomic E-state index is 0.138. The minimum Gasteiger partial charge on any atom is -0.342 e. The maximum Gasteiger partial charge on any atom is 0.225 e. The highest BCUT2D eigenvalue weighted by Gasteiger charge is 2.25. The summed E-state index contributed by atoms with van der Waals surface area (Å²) in [5, 5.41) is 3.74. The Bertz CT molecular complexity index is 303. The predicted molar refractivity (Wildman–Crippen MR) is 82.7 cm³/mol. The van der Waals surface area contributed by atoms with Gasteiger partial charge in [0.05, 0.1) is 0 Å². The van der Waals surface area contributed by atoms with Crippen molar-refractivity contribution in [3.05, 3.63) is 0 Å². The molecule has 0 saturated carbocycles. The highest BCUT2D eigenvalue weighted by Crippen LogP contribution is 2.17. The lowest BCUT2D eigenvalue weighted by molar-refractivity contribution is -0.135. The molecular weight excluding hydrogens is 250 g/mol. The van der Waals surface area contributed by atoms with Crippen LogP contribution in [0.4, 0.5) is 0 Å². The molecule has 2 fully saturated rings. The molecule has 2 saturated heterocycles. The average molecular weight is 281 g/mol. The molecule has 0 aromatic carbocycles. The Balaban J connectivity index is 1.63. The Morgan fingerprint density at radius 1 is 1.10 bits per heavy atom. The molecule has 1 N–H and O–H groups in total. The third kappa shape index (κ3) is 4.45. The monoisotopic (exact) mass is 281 g/mol. The maximum atomic E-state index is 11.9.